The molecule has 0 bridgehead atoms. The fraction of sp³-hybridized carbons (Fsp3) is 0.240. The number of nitro benzene ring substituents is 1. The zero-order chi connectivity index (χ0) is 26.1. The molecule has 2 aliphatic rings. The summed E-state index contributed by atoms with van der Waals surface area (Å²) in [6.07, 6.45) is 3.12. The van der Waals surface area contributed by atoms with Crippen molar-refractivity contribution in [1.29, 1.82) is 0 Å². The minimum absolute atomic E-state index is 0.145. The van der Waals surface area contributed by atoms with Crippen molar-refractivity contribution in [3.63, 3.8) is 0 Å². The van der Waals surface area contributed by atoms with Crippen LogP contribution in [0.4, 0.5) is 11.6 Å². The number of phenols is 1. The Morgan fingerprint density at radius 2 is 1.59 bits per heavy atom. The minimum Gasteiger partial charge on any atom is -0.502 e. The molecule has 1 aromatic heterocycles. The molecule has 0 saturated carbocycles. The maximum absolute atomic E-state index is 13.8. The predicted molar refractivity (Wildman–Crippen MR) is 130 cm³/mol. The molecule has 2 aliphatic heterocycles. The lowest BCUT2D eigenvalue weighted by Gasteiger charge is -2.37. The average molecular weight is 502 g/mol. The van der Waals surface area contributed by atoms with E-state index in [4.69, 9.17) is 0 Å². The van der Waals surface area contributed by atoms with Crippen LogP contribution in [-0.2, 0) is 11.2 Å². The molecule has 188 valence electrons. The van der Waals surface area contributed by atoms with Gasteiger partial charge in [0.2, 0.25) is 11.9 Å². The second kappa shape index (κ2) is 9.64. The molecule has 0 aliphatic carbocycles. The molecule has 2 aromatic carbocycles. The van der Waals surface area contributed by atoms with Gasteiger partial charge < -0.3 is 14.9 Å². The lowest BCUT2D eigenvalue weighted by molar-refractivity contribution is -0.385. The highest BCUT2D eigenvalue weighted by Gasteiger charge is 2.44. The van der Waals surface area contributed by atoms with Crippen molar-refractivity contribution in [2.45, 2.75) is 12.5 Å². The number of carbonyl (C=O) groups is 3. The number of hydrogen-bond donors (Lipinski definition) is 1. The van der Waals surface area contributed by atoms with Gasteiger partial charge in [0.25, 0.3) is 11.8 Å². The van der Waals surface area contributed by atoms with E-state index >= 15 is 0 Å². The predicted octanol–water partition coefficient (Wildman–Crippen LogP) is 1.65. The van der Waals surface area contributed by atoms with Gasteiger partial charge in [-0.25, -0.2) is 9.97 Å². The van der Waals surface area contributed by atoms with E-state index in [1.165, 1.54) is 18.2 Å². The number of aromatic nitrogens is 2. The van der Waals surface area contributed by atoms with E-state index < -0.39 is 40.1 Å². The SMILES string of the molecule is O=C([C@H](Cc1ccc(O)c([N+](=O)[O-])c1)N1C(=O)c2ccccc2C1=O)N1CCN(c2ncccn2)CC1. The lowest BCUT2D eigenvalue weighted by atomic mass is 10.0. The van der Waals surface area contributed by atoms with Crippen LogP contribution in [-0.4, -0.2) is 79.7 Å². The van der Waals surface area contributed by atoms with Gasteiger partial charge in [-0.2, -0.15) is 0 Å². The van der Waals surface area contributed by atoms with Gasteiger partial charge in [-0.05, 0) is 29.8 Å². The summed E-state index contributed by atoms with van der Waals surface area (Å²) in [6.45, 7) is 1.53. The number of nitro groups is 1. The van der Waals surface area contributed by atoms with Crippen LogP contribution in [0.25, 0.3) is 0 Å². The van der Waals surface area contributed by atoms with Crippen LogP contribution in [0.15, 0.2) is 60.9 Å². The number of imide groups is 1. The molecule has 1 saturated heterocycles. The Labute approximate surface area is 210 Å². The summed E-state index contributed by atoms with van der Waals surface area (Å²) in [7, 11) is 0. The Kier molecular flexibility index (Phi) is 6.22. The standard InChI is InChI=1S/C25H22N6O6/c32-21-7-6-16(14-19(21)31(36)37)15-20(30-22(33)17-4-1-2-5-18(17)23(30)34)24(35)28-10-12-29(13-11-28)25-26-8-3-9-27-25/h1-9,14,20,32H,10-13,15H2/t20-/m0/s1. The van der Waals surface area contributed by atoms with E-state index in [1.54, 1.807) is 35.5 Å². The highest BCUT2D eigenvalue weighted by molar-refractivity contribution is 6.22. The molecule has 3 amide bonds. The number of rotatable bonds is 6. The second-order valence-electron chi connectivity index (χ2n) is 8.69. The number of aromatic hydroxyl groups is 1. The first-order valence-electron chi connectivity index (χ1n) is 11.6. The van der Waals surface area contributed by atoms with Gasteiger partial charge in [-0.15, -0.1) is 0 Å². The van der Waals surface area contributed by atoms with E-state index in [0.29, 0.717) is 37.7 Å². The highest BCUT2D eigenvalue weighted by atomic mass is 16.6. The van der Waals surface area contributed by atoms with Crippen molar-refractivity contribution in [3.8, 4) is 5.75 Å². The zero-order valence-corrected chi connectivity index (χ0v) is 19.6. The van der Waals surface area contributed by atoms with Crippen molar-refractivity contribution in [2.75, 3.05) is 31.1 Å². The van der Waals surface area contributed by atoms with Gasteiger partial charge >= 0.3 is 5.69 Å². The van der Waals surface area contributed by atoms with Crippen LogP contribution in [0.2, 0.25) is 0 Å². The Hall–Kier alpha value is -4.87. The fourth-order valence-electron chi connectivity index (χ4n) is 4.64. The maximum atomic E-state index is 13.8. The molecule has 1 N–H and O–H groups in total. The van der Waals surface area contributed by atoms with Gasteiger partial charge in [-0.1, -0.05) is 18.2 Å². The van der Waals surface area contributed by atoms with Gasteiger partial charge in [-0.3, -0.25) is 29.4 Å². The van der Waals surface area contributed by atoms with Crippen LogP contribution in [0.3, 0.4) is 0 Å². The van der Waals surface area contributed by atoms with Gasteiger partial charge in [0.1, 0.15) is 6.04 Å². The molecule has 5 rings (SSSR count). The fourth-order valence-corrected chi connectivity index (χ4v) is 4.64. The number of benzene rings is 2. The number of phenolic OH excluding ortho intramolecular Hbond substituents is 1. The number of piperazine rings is 1. The topological polar surface area (TPSA) is 150 Å². The van der Waals surface area contributed by atoms with Gasteiger partial charge in [0.15, 0.2) is 5.75 Å². The molecule has 12 nitrogen and oxygen atoms in total. The minimum atomic E-state index is -1.23. The first-order valence-corrected chi connectivity index (χ1v) is 11.6. The molecule has 3 aromatic rings. The monoisotopic (exact) mass is 502 g/mol. The van der Waals surface area contributed by atoms with E-state index in [1.807, 2.05) is 4.90 Å². The summed E-state index contributed by atoms with van der Waals surface area (Å²) in [5.41, 5.74) is 0.208. The van der Waals surface area contributed by atoms with E-state index in [2.05, 4.69) is 9.97 Å². The van der Waals surface area contributed by atoms with Crippen LogP contribution in [0, 0.1) is 10.1 Å². The molecular weight excluding hydrogens is 480 g/mol. The Balaban J connectivity index is 1.43. The summed E-state index contributed by atoms with van der Waals surface area (Å²) >= 11 is 0. The van der Waals surface area contributed by atoms with Crippen LogP contribution in [0.5, 0.6) is 5.75 Å². The van der Waals surface area contributed by atoms with Crippen molar-refractivity contribution in [1.82, 2.24) is 19.8 Å². The third kappa shape index (κ3) is 4.44. The number of hydrogen-bond acceptors (Lipinski definition) is 9. The maximum Gasteiger partial charge on any atom is 0.310 e. The molecule has 0 unspecified atom stereocenters. The highest BCUT2D eigenvalue weighted by Crippen LogP contribution is 2.30. The normalized spacial score (nSPS) is 16.1. The van der Waals surface area contributed by atoms with E-state index in [9.17, 15) is 29.6 Å². The number of amides is 3. The van der Waals surface area contributed by atoms with E-state index in [-0.39, 0.29) is 17.5 Å². The largest absolute Gasteiger partial charge is 0.502 e. The number of nitrogens with zero attached hydrogens (tertiary/aromatic N) is 6. The Morgan fingerprint density at radius 3 is 2.19 bits per heavy atom. The van der Waals surface area contributed by atoms with Gasteiger partial charge in [0.05, 0.1) is 16.1 Å². The van der Waals surface area contributed by atoms with Crippen molar-refractivity contribution < 1.29 is 24.4 Å². The lowest BCUT2D eigenvalue weighted by Crippen LogP contribution is -2.57. The Morgan fingerprint density at radius 1 is 0.973 bits per heavy atom. The summed E-state index contributed by atoms with van der Waals surface area (Å²) in [5.74, 6) is -1.61. The molecule has 0 radical (unpaired) electrons. The summed E-state index contributed by atoms with van der Waals surface area (Å²) in [5, 5.41) is 21.2. The van der Waals surface area contributed by atoms with Crippen LogP contribution >= 0.6 is 0 Å². The summed E-state index contributed by atoms with van der Waals surface area (Å²) in [6, 6.07) is 10.6. The Bertz CT molecular complexity index is 1350. The third-order valence-corrected chi connectivity index (χ3v) is 6.51. The first-order chi connectivity index (χ1) is 17.8. The van der Waals surface area contributed by atoms with Gasteiger partial charge in [0, 0.05) is 51.1 Å². The molecular formula is C25H22N6O6. The average Bonchev–Trinajstić information content (AvgIpc) is 3.18. The number of fused-ring (bicyclic) bond motifs is 1. The van der Waals surface area contributed by atoms with Crippen molar-refractivity contribution in [3.05, 3.63) is 87.7 Å². The van der Waals surface area contributed by atoms with Crippen LogP contribution < -0.4 is 4.90 Å². The molecule has 37 heavy (non-hydrogen) atoms. The smallest absolute Gasteiger partial charge is 0.310 e. The molecule has 3 heterocycles. The summed E-state index contributed by atoms with van der Waals surface area (Å²) < 4.78 is 0. The molecule has 12 heteroatoms. The van der Waals surface area contributed by atoms with Crippen molar-refractivity contribution >= 4 is 29.4 Å². The molecule has 1 fully saturated rings. The number of carbonyl (C=O) groups excluding carboxylic acids is 3. The number of anilines is 1. The molecule has 0 spiro atoms. The van der Waals surface area contributed by atoms with E-state index in [0.717, 1.165) is 17.0 Å². The quantitative estimate of drug-likeness (QED) is 0.301. The van der Waals surface area contributed by atoms with Crippen molar-refractivity contribution in [2.24, 2.45) is 0 Å². The first kappa shape index (κ1) is 23.9. The third-order valence-electron chi connectivity index (χ3n) is 6.51. The zero-order valence-electron chi connectivity index (χ0n) is 19.6. The van der Waals surface area contributed by atoms with Crippen LogP contribution in [0.1, 0.15) is 26.3 Å². The second-order valence-corrected chi connectivity index (χ2v) is 8.69. The molecule has 1 atom stereocenters. The summed E-state index contributed by atoms with van der Waals surface area (Å²) in [4.78, 5) is 63.8.